The van der Waals surface area contributed by atoms with Crippen LogP contribution in [0, 0.1) is 0 Å². The average Bonchev–Trinajstić information content (AvgIpc) is 2.60. The third kappa shape index (κ3) is 4.60. The number of hydrogen-bond acceptors (Lipinski definition) is 2. The van der Waals surface area contributed by atoms with Crippen LogP contribution in [0.1, 0.15) is 11.1 Å². The van der Waals surface area contributed by atoms with Gasteiger partial charge in [0, 0.05) is 21.8 Å². The largest absolute Gasteiger partial charge is 0.488 e. The zero-order valence-electron chi connectivity index (χ0n) is 12.8. The van der Waals surface area contributed by atoms with Gasteiger partial charge >= 0.3 is 0 Å². The van der Waals surface area contributed by atoms with Crippen LogP contribution < -0.4 is 4.74 Å². The van der Waals surface area contributed by atoms with Gasteiger partial charge in [-0.2, -0.15) is 0 Å². The Kier molecular flexibility index (Phi) is 5.52. The first kappa shape index (κ1) is 16.6. The predicted molar refractivity (Wildman–Crippen MR) is 101 cm³/mol. The maximum absolute atomic E-state index is 6.10. The summed E-state index contributed by atoms with van der Waals surface area (Å²) in [5, 5.41) is 1.33. The molecule has 3 aromatic carbocycles. The van der Waals surface area contributed by atoms with Crippen molar-refractivity contribution < 1.29 is 4.74 Å². The van der Waals surface area contributed by atoms with E-state index in [4.69, 9.17) is 27.9 Å². The van der Waals surface area contributed by atoms with Crippen LogP contribution in [0.3, 0.4) is 0 Å². The molecule has 0 aliphatic rings. The minimum atomic E-state index is 0.425. The van der Waals surface area contributed by atoms with Gasteiger partial charge in [-0.1, -0.05) is 53.5 Å². The first-order chi connectivity index (χ1) is 11.7. The summed E-state index contributed by atoms with van der Waals surface area (Å²) < 4.78 is 5.91. The van der Waals surface area contributed by atoms with Crippen molar-refractivity contribution >= 4 is 35.1 Å². The second-order valence-electron chi connectivity index (χ2n) is 5.19. The molecule has 0 bridgehead atoms. The summed E-state index contributed by atoms with van der Waals surface area (Å²) in [5.41, 5.74) is 2.70. The Labute approximate surface area is 151 Å². The first-order valence-corrected chi connectivity index (χ1v) is 8.22. The molecule has 0 fully saturated rings. The third-order valence-corrected chi connectivity index (χ3v) is 3.83. The van der Waals surface area contributed by atoms with Gasteiger partial charge in [0.2, 0.25) is 0 Å². The van der Waals surface area contributed by atoms with E-state index >= 15 is 0 Å². The van der Waals surface area contributed by atoms with Crippen LogP contribution in [-0.2, 0) is 6.61 Å². The van der Waals surface area contributed by atoms with E-state index in [1.165, 1.54) is 0 Å². The molecule has 0 spiro atoms. The van der Waals surface area contributed by atoms with E-state index in [0.717, 1.165) is 22.6 Å². The molecule has 4 heteroatoms. The zero-order valence-corrected chi connectivity index (χ0v) is 14.3. The van der Waals surface area contributed by atoms with Crippen LogP contribution >= 0.6 is 23.2 Å². The topological polar surface area (TPSA) is 21.6 Å². The summed E-state index contributed by atoms with van der Waals surface area (Å²) in [6, 6.07) is 22.8. The van der Waals surface area contributed by atoms with Crippen LogP contribution in [0.15, 0.2) is 77.8 Å². The summed E-state index contributed by atoms with van der Waals surface area (Å²) >= 11 is 12.1. The fraction of sp³-hybridized carbons (Fsp3) is 0.0500. The monoisotopic (exact) mass is 355 g/mol. The molecular formula is C20H15Cl2NO. The van der Waals surface area contributed by atoms with Gasteiger partial charge < -0.3 is 4.74 Å². The van der Waals surface area contributed by atoms with Crippen molar-refractivity contribution in [3.05, 3.63) is 94.0 Å². The number of para-hydroxylation sites is 1. The molecule has 2 nitrogen and oxygen atoms in total. The molecule has 24 heavy (non-hydrogen) atoms. The maximum Gasteiger partial charge on any atom is 0.128 e. The molecule has 0 aliphatic carbocycles. The summed E-state index contributed by atoms with van der Waals surface area (Å²) in [4.78, 5) is 4.46. The van der Waals surface area contributed by atoms with E-state index in [1.54, 1.807) is 12.3 Å². The highest BCUT2D eigenvalue weighted by Gasteiger charge is 2.04. The third-order valence-electron chi connectivity index (χ3n) is 3.36. The highest BCUT2D eigenvalue weighted by molar-refractivity contribution is 6.31. The summed E-state index contributed by atoms with van der Waals surface area (Å²) in [6.45, 7) is 0.425. The van der Waals surface area contributed by atoms with Crippen LogP contribution in [0.25, 0.3) is 0 Å². The maximum atomic E-state index is 6.10. The number of rotatable bonds is 5. The van der Waals surface area contributed by atoms with Gasteiger partial charge in [-0.15, -0.1) is 0 Å². The molecule has 3 rings (SSSR count). The first-order valence-electron chi connectivity index (χ1n) is 7.46. The predicted octanol–water partition coefficient (Wildman–Crippen LogP) is 6.32. The second-order valence-corrected chi connectivity index (χ2v) is 6.07. The average molecular weight is 356 g/mol. The quantitative estimate of drug-likeness (QED) is 0.490. The summed E-state index contributed by atoms with van der Waals surface area (Å²) in [7, 11) is 0. The van der Waals surface area contributed by atoms with E-state index in [2.05, 4.69) is 4.99 Å². The van der Waals surface area contributed by atoms with Gasteiger partial charge in [-0.05, 0) is 48.0 Å². The highest BCUT2D eigenvalue weighted by atomic mass is 35.5. The molecule has 0 amide bonds. The van der Waals surface area contributed by atoms with Crippen molar-refractivity contribution in [2.24, 2.45) is 4.99 Å². The molecule has 0 aliphatic heterocycles. The minimum absolute atomic E-state index is 0.425. The van der Waals surface area contributed by atoms with E-state index in [0.29, 0.717) is 16.7 Å². The van der Waals surface area contributed by atoms with Gasteiger partial charge in [0.15, 0.2) is 0 Å². The smallest absolute Gasteiger partial charge is 0.128 e. The number of benzene rings is 3. The molecule has 0 N–H and O–H groups in total. The van der Waals surface area contributed by atoms with Gasteiger partial charge in [-0.25, -0.2) is 0 Å². The zero-order chi connectivity index (χ0) is 16.8. The second kappa shape index (κ2) is 8.00. The van der Waals surface area contributed by atoms with Gasteiger partial charge in [0.1, 0.15) is 12.4 Å². The molecule has 0 saturated carbocycles. The number of aliphatic imine (C=N–C) groups is 1. The number of ether oxygens (including phenoxy) is 1. The minimum Gasteiger partial charge on any atom is -0.488 e. The molecule has 0 atom stereocenters. The van der Waals surface area contributed by atoms with Crippen molar-refractivity contribution in [1.82, 2.24) is 0 Å². The van der Waals surface area contributed by atoms with Gasteiger partial charge in [0.25, 0.3) is 0 Å². The molecule has 3 aromatic rings. The highest BCUT2D eigenvalue weighted by Crippen LogP contribution is 2.24. The molecular weight excluding hydrogens is 341 g/mol. The molecule has 0 heterocycles. The Morgan fingerprint density at radius 1 is 0.833 bits per heavy atom. The molecule has 120 valence electrons. The molecule has 0 saturated heterocycles. The summed E-state index contributed by atoms with van der Waals surface area (Å²) in [6.07, 6.45) is 1.76. The Morgan fingerprint density at radius 3 is 2.42 bits per heavy atom. The van der Waals surface area contributed by atoms with Crippen molar-refractivity contribution in [1.29, 1.82) is 0 Å². The Hall–Kier alpha value is -2.29. The van der Waals surface area contributed by atoms with Crippen molar-refractivity contribution in [3.63, 3.8) is 0 Å². The number of nitrogens with zero attached hydrogens (tertiary/aromatic N) is 1. The van der Waals surface area contributed by atoms with Crippen LogP contribution in [-0.4, -0.2) is 6.21 Å². The Bertz CT molecular complexity index is 847. The number of hydrogen-bond donors (Lipinski definition) is 0. The Morgan fingerprint density at radius 2 is 1.62 bits per heavy atom. The van der Waals surface area contributed by atoms with Crippen LogP contribution in [0.2, 0.25) is 10.0 Å². The van der Waals surface area contributed by atoms with Crippen LogP contribution in [0.5, 0.6) is 5.75 Å². The van der Waals surface area contributed by atoms with Crippen LogP contribution in [0.4, 0.5) is 5.69 Å². The lowest BCUT2D eigenvalue weighted by Gasteiger charge is -2.10. The molecule has 0 radical (unpaired) electrons. The van der Waals surface area contributed by atoms with E-state index in [-0.39, 0.29) is 0 Å². The normalized spacial score (nSPS) is 10.9. The van der Waals surface area contributed by atoms with Gasteiger partial charge in [0.05, 0.1) is 5.69 Å². The van der Waals surface area contributed by atoms with E-state index < -0.39 is 0 Å². The van der Waals surface area contributed by atoms with Gasteiger partial charge in [-0.3, -0.25) is 4.99 Å². The van der Waals surface area contributed by atoms with E-state index in [1.807, 2.05) is 66.7 Å². The Balaban J connectivity index is 1.79. The van der Waals surface area contributed by atoms with E-state index in [9.17, 15) is 0 Å². The fourth-order valence-corrected chi connectivity index (χ4v) is 2.59. The molecule has 0 aromatic heterocycles. The lowest BCUT2D eigenvalue weighted by Crippen LogP contribution is -1.98. The fourth-order valence-electron chi connectivity index (χ4n) is 2.20. The van der Waals surface area contributed by atoms with Crippen molar-refractivity contribution in [2.45, 2.75) is 6.61 Å². The lowest BCUT2D eigenvalue weighted by molar-refractivity contribution is 0.306. The SMILES string of the molecule is Clc1cccc(COc2ccc(Cl)cc2C=Nc2ccccc2)c1. The standard InChI is InChI=1S/C20H15Cl2NO/c21-17-6-4-5-15(11-17)14-24-20-10-9-18(22)12-16(20)13-23-19-7-2-1-3-8-19/h1-13H,14H2. The molecule has 0 unspecified atom stereocenters. The lowest BCUT2D eigenvalue weighted by atomic mass is 10.2. The van der Waals surface area contributed by atoms with Crippen molar-refractivity contribution in [3.8, 4) is 5.75 Å². The number of halogens is 2. The van der Waals surface area contributed by atoms with Crippen molar-refractivity contribution in [2.75, 3.05) is 0 Å². The summed E-state index contributed by atoms with van der Waals surface area (Å²) in [5.74, 6) is 0.721.